The van der Waals surface area contributed by atoms with E-state index in [-0.39, 0.29) is 60.9 Å². The number of benzene rings is 8. The fourth-order valence-corrected chi connectivity index (χ4v) is 17.8. The van der Waals surface area contributed by atoms with Crippen molar-refractivity contribution in [1.82, 2.24) is 0 Å². The Labute approximate surface area is 549 Å². The molecule has 0 saturated carbocycles. The maximum Gasteiger partial charge on any atom is 0.252 e. The Morgan fingerprint density at radius 2 is 0.769 bits per heavy atom. The normalized spacial score (nSPS) is 19.7. The Hall–Kier alpha value is -6.78. The highest BCUT2D eigenvalue weighted by Gasteiger charge is 2.51. The van der Waals surface area contributed by atoms with Crippen LogP contribution in [0.1, 0.15) is 259 Å². The fourth-order valence-electron chi connectivity index (χ4n) is 17.8. The molecular formula is C87H104BN3. The van der Waals surface area contributed by atoms with Gasteiger partial charge >= 0.3 is 0 Å². The van der Waals surface area contributed by atoms with Gasteiger partial charge in [-0.15, -0.1) is 0 Å². The molecule has 0 N–H and O–H groups in total. The third-order valence-electron chi connectivity index (χ3n) is 24.1. The molecule has 0 aromatic heterocycles. The van der Waals surface area contributed by atoms with Crippen LogP contribution in [0.2, 0.25) is 0 Å². The lowest BCUT2D eigenvalue weighted by atomic mass is 9.32. The summed E-state index contributed by atoms with van der Waals surface area (Å²) < 4.78 is 0. The SMILES string of the molecule is CC(C)(C)c1ccc(N(c2ccc(C(C)(C)C)cc2)c2cc3c4c(c2)N(c2ccc(C(C)(C)C)c5c2C(C)(C)c2ccccc2-5)c2cc5c(cc2B4c2cc4c(cc2N3c2ccc3c(c2)C(C)(C)CCC3(C)C)C(C)(C)CCC4(C)C)C(C)(C)CCC5(C)C)cc1. The van der Waals surface area contributed by atoms with Crippen LogP contribution in [-0.4, -0.2) is 6.71 Å². The molecule has 470 valence electrons. The number of anilines is 9. The molecule has 2 heterocycles. The summed E-state index contributed by atoms with van der Waals surface area (Å²) in [6.07, 6.45) is 6.90. The lowest BCUT2D eigenvalue weighted by molar-refractivity contribution is 0.332. The van der Waals surface area contributed by atoms with Gasteiger partial charge in [-0.2, -0.15) is 0 Å². The molecule has 0 atom stereocenters. The van der Waals surface area contributed by atoms with Gasteiger partial charge in [0.25, 0.3) is 6.71 Å². The predicted molar refractivity (Wildman–Crippen MR) is 395 cm³/mol. The molecule has 14 rings (SSSR count). The van der Waals surface area contributed by atoms with E-state index in [9.17, 15) is 0 Å². The predicted octanol–water partition coefficient (Wildman–Crippen LogP) is 22.5. The molecule has 0 spiro atoms. The number of hydrogen-bond donors (Lipinski definition) is 0. The summed E-state index contributed by atoms with van der Waals surface area (Å²) in [4.78, 5) is 8.21. The minimum absolute atomic E-state index is 0.000218. The van der Waals surface area contributed by atoms with Gasteiger partial charge in [0.2, 0.25) is 0 Å². The van der Waals surface area contributed by atoms with Crippen molar-refractivity contribution >= 4 is 74.3 Å². The number of nitrogens with zero attached hydrogens (tertiary/aromatic N) is 3. The number of hydrogen-bond acceptors (Lipinski definition) is 3. The molecule has 0 unspecified atom stereocenters. The minimum atomic E-state index is -0.317. The van der Waals surface area contributed by atoms with Gasteiger partial charge in [-0.05, 0) is 243 Å². The minimum Gasteiger partial charge on any atom is -0.311 e. The first-order chi connectivity index (χ1) is 42.2. The van der Waals surface area contributed by atoms with Crippen molar-refractivity contribution in [3.8, 4) is 11.1 Å². The smallest absolute Gasteiger partial charge is 0.252 e. The van der Waals surface area contributed by atoms with E-state index >= 15 is 0 Å². The molecule has 0 saturated heterocycles. The van der Waals surface area contributed by atoms with Crippen LogP contribution in [0.3, 0.4) is 0 Å². The van der Waals surface area contributed by atoms with Crippen molar-refractivity contribution in [3.63, 3.8) is 0 Å². The maximum atomic E-state index is 2.84. The second-order valence-corrected chi connectivity index (χ2v) is 36.7. The third kappa shape index (κ3) is 9.44. The van der Waals surface area contributed by atoms with Crippen LogP contribution in [-0.2, 0) is 54.1 Å². The summed E-state index contributed by atoms with van der Waals surface area (Å²) >= 11 is 0. The molecule has 2 aliphatic heterocycles. The summed E-state index contributed by atoms with van der Waals surface area (Å²) in [5, 5.41) is 0. The van der Waals surface area contributed by atoms with Crippen molar-refractivity contribution in [2.45, 2.75) is 252 Å². The Bertz CT molecular complexity index is 4270. The van der Waals surface area contributed by atoms with E-state index in [1.54, 1.807) is 0 Å². The molecule has 4 aliphatic carbocycles. The van der Waals surface area contributed by atoms with E-state index in [0.717, 1.165) is 49.2 Å². The van der Waals surface area contributed by atoms with E-state index in [4.69, 9.17) is 0 Å². The van der Waals surface area contributed by atoms with Crippen molar-refractivity contribution in [2.75, 3.05) is 14.7 Å². The topological polar surface area (TPSA) is 9.72 Å². The molecule has 0 amide bonds. The highest BCUT2D eigenvalue weighted by molar-refractivity contribution is 7.00. The van der Waals surface area contributed by atoms with Crippen molar-refractivity contribution in [2.24, 2.45) is 0 Å². The quantitative estimate of drug-likeness (QED) is 0.159. The molecule has 4 heteroatoms. The Morgan fingerprint density at radius 1 is 0.352 bits per heavy atom. The standard InChI is InChI=1S/C87H104BN3/c1-78(2,3)53-28-32-55(33-29-53)89(56-34-30-54(31-35-56)79(4,5)6)58-47-73-77-74(48-58)91(70-39-38-62(80(7,8)9)75-59-26-24-25-27-60(59)87(22,23)76(70)75)72-52-67-65(84(16,17)43-45-86(67,20)21)50-69(72)88(77)68-49-64-66(85(18,19)44-42-83(64,14)15)51-71(68)90(73)57-36-37-61-63(46-57)82(12,13)41-40-81(61,10)11/h24-39,46-52H,40-45H2,1-23H3. The molecule has 8 aromatic rings. The van der Waals surface area contributed by atoms with Crippen molar-refractivity contribution in [3.05, 3.63) is 201 Å². The summed E-state index contributed by atoms with van der Waals surface area (Å²) in [6, 6.07) is 57.5. The third-order valence-corrected chi connectivity index (χ3v) is 24.1. The van der Waals surface area contributed by atoms with Gasteiger partial charge in [-0.1, -0.05) is 232 Å². The van der Waals surface area contributed by atoms with E-state index in [0.29, 0.717) is 0 Å². The lowest BCUT2D eigenvalue weighted by Gasteiger charge is -2.50. The molecule has 0 radical (unpaired) electrons. The lowest BCUT2D eigenvalue weighted by Crippen LogP contribution is -2.62. The van der Waals surface area contributed by atoms with Crippen LogP contribution in [0.25, 0.3) is 11.1 Å². The maximum absolute atomic E-state index is 2.84. The van der Waals surface area contributed by atoms with Crippen LogP contribution in [0.4, 0.5) is 51.2 Å². The highest BCUT2D eigenvalue weighted by Crippen LogP contribution is 2.60. The molecule has 8 aromatic carbocycles. The first-order valence-corrected chi connectivity index (χ1v) is 34.8. The van der Waals surface area contributed by atoms with Crippen LogP contribution >= 0.6 is 0 Å². The van der Waals surface area contributed by atoms with Gasteiger partial charge in [-0.3, -0.25) is 0 Å². The monoisotopic (exact) mass is 1200 g/mol. The Kier molecular flexibility index (Phi) is 13.3. The molecule has 91 heavy (non-hydrogen) atoms. The van der Waals surface area contributed by atoms with Crippen molar-refractivity contribution < 1.29 is 0 Å². The Morgan fingerprint density at radius 3 is 1.23 bits per heavy atom. The van der Waals surface area contributed by atoms with Gasteiger partial charge < -0.3 is 14.7 Å². The molecule has 6 aliphatic rings. The van der Waals surface area contributed by atoms with Crippen LogP contribution < -0.4 is 31.1 Å². The van der Waals surface area contributed by atoms with Gasteiger partial charge in [0.1, 0.15) is 0 Å². The summed E-state index contributed by atoms with van der Waals surface area (Å²) in [7, 11) is 0. The highest BCUT2D eigenvalue weighted by atomic mass is 15.2. The van der Waals surface area contributed by atoms with Gasteiger partial charge in [-0.25, -0.2) is 0 Å². The average molecular weight is 1200 g/mol. The number of fused-ring (bicyclic) bond motifs is 10. The van der Waals surface area contributed by atoms with Crippen LogP contribution in [0.15, 0.2) is 140 Å². The zero-order valence-corrected chi connectivity index (χ0v) is 59.9. The van der Waals surface area contributed by atoms with E-state index in [1.165, 1.54) is 129 Å². The first-order valence-electron chi connectivity index (χ1n) is 34.8. The summed E-state index contributed by atoms with van der Waals surface area (Å²) in [5.41, 5.74) is 33.5. The largest absolute Gasteiger partial charge is 0.311 e. The summed E-state index contributed by atoms with van der Waals surface area (Å²) in [5.74, 6) is 0. The fraction of sp³-hybridized carbons (Fsp3) is 0.448. The molecular weight excluding hydrogens is 1100 g/mol. The number of rotatable bonds is 5. The van der Waals surface area contributed by atoms with Crippen molar-refractivity contribution in [1.29, 1.82) is 0 Å². The van der Waals surface area contributed by atoms with E-state index in [1.807, 2.05) is 0 Å². The first kappa shape index (κ1) is 61.7. The van der Waals surface area contributed by atoms with Crippen LogP contribution in [0, 0.1) is 0 Å². The summed E-state index contributed by atoms with van der Waals surface area (Å²) in [6.45, 7) is 56.4. The molecule has 0 fully saturated rings. The molecule has 0 bridgehead atoms. The van der Waals surface area contributed by atoms with Crippen LogP contribution in [0.5, 0.6) is 0 Å². The zero-order valence-electron chi connectivity index (χ0n) is 59.9. The Balaban J connectivity index is 1.19. The molecule has 3 nitrogen and oxygen atoms in total. The van der Waals surface area contributed by atoms with E-state index in [2.05, 4.69) is 313 Å². The van der Waals surface area contributed by atoms with Gasteiger partial charge in [0, 0.05) is 45.2 Å². The average Bonchev–Trinajstić information content (AvgIpc) is 1.63. The second kappa shape index (κ2) is 19.6. The zero-order chi connectivity index (χ0) is 65.2. The second-order valence-electron chi connectivity index (χ2n) is 36.7. The van der Waals surface area contributed by atoms with Gasteiger partial charge in [0.15, 0.2) is 0 Å². The van der Waals surface area contributed by atoms with E-state index < -0.39 is 0 Å². The van der Waals surface area contributed by atoms with Gasteiger partial charge in [0.05, 0.1) is 11.4 Å².